The summed E-state index contributed by atoms with van der Waals surface area (Å²) in [5.41, 5.74) is 3.50. The van der Waals surface area contributed by atoms with Crippen LogP contribution in [-0.2, 0) is 13.2 Å². The highest BCUT2D eigenvalue weighted by Gasteiger charge is 2.09. The maximum atomic E-state index is 13.3. The second kappa shape index (κ2) is 8.83. The summed E-state index contributed by atoms with van der Waals surface area (Å²) in [6, 6.07) is 13.2. The van der Waals surface area contributed by atoms with Crippen molar-refractivity contribution < 1.29 is 13.9 Å². The Labute approximate surface area is 176 Å². The van der Waals surface area contributed by atoms with E-state index in [4.69, 9.17) is 4.74 Å². The predicted octanol–water partition coefficient (Wildman–Crippen LogP) is 4.06. The maximum absolute atomic E-state index is 13.3. The molecular weight excluding hydrogens is 405 g/mol. The quantitative estimate of drug-likeness (QED) is 0.485. The zero-order valence-corrected chi connectivity index (χ0v) is 16.9. The van der Waals surface area contributed by atoms with Crippen molar-refractivity contribution >= 4 is 23.3 Å². The molecule has 4 rings (SSSR count). The Morgan fingerprint density at radius 3 is 2.77 bits per heavy atom. The minimum absolute atomic E-state index is 0.258. The van der Waals surface area contributed by atoms with Crippen LogP contribution in [0.5, 0.6) is 5.75 Å². The number of hydrogen-bond acceptors (Lipinski definition) is 6. The second-order valence-corrected chi connectivity index (χ2v) is 7.15. The molecule has 0 aliphatic heterocycles. The van der Waals surface area contributed by atoms with Gasteiger partial charge in [-0.2, -0.15) is 13.8 Å². The molecule has 30 heavy (non-hydrogen) atoms. The SMILES string of the molecule is Cc1nsnc1COc1ccc(C(=O)Nc2cnn(Cc3cccc(F)c3)c2)cc1. The molecule has 9 heteroatoms. The number of hydrogen-bond donors (Lipinski definition) is 1. The van der Waals surface area contributed by atoms with E-state index in [9.17, 15) is 9.18 Å². The fraction of sp³-hybridized carbons (Fsp3) is 0.143. The molecule has 4 aromatic rings. The summed E-state index contributed by atoms with van der Waals surface area (Å²) < 4.78 is 28.9. The minimum atomic E-state index is -0.293. The number of halogens is 1. The van der Waals surface area contributed by atoms with Gasteiger partial charge in [-0.25, -0.2) is 4.39 Å². The number of nitrogens with one attached hydrogen (secondary N) is 1. The van der Waals surface area contributed by atoms with Gasteiger partial charge >= 0.3 is 0 Å². The second-order valence-electron chi connectivity index (χ2n) is 6.62. The minimum Gasteiger partial charge on any atom is -0.487 e. The van der Waals surface area contributed by atoms with E-state index in [0.29, 0.717) is 30.2 Å². The molecule has 0 unspecified atom stereocenters. The zero-order valence-electron chi connectivity index (χ0n) is 16.1. The molecule has 0 saturated carbocycles. The molecule has 152 valence electrons. The number of amides is 1. The molecule has 0 bridgehead atoms. The Morgan fingerprint density at radius 1 is 1.20 bits per heavy atom. The van der Waals surface area contributed by atoms with E-state index in [2.05, 4.69) is 19.2 Å². The van der Waals surface area contributed by atoms with Crippen LogP contribution in [0.4, 0.5) is 10.1 Å². The van der Waals surface area contributed by atoms with Gasteiger partial charge in [0.25, 0.3) is 5.91 Å². The topological polar surface area (TPSA) is 81.9 Å². The fourth-order valence-corrected chi connectivity index (χ4v) is 3.33. The number of ether oxygens (including phenoxy) is 1. The van der Waals surface area contributed by atoms with Crippen molar-refractivity contribution in [1.82, 2.24) is 18.5 Å². The lowest BCUT2D eigenvalue weighted by Crippen LogP contribution is -2.11. The number of rotatable bonds is 7. The van der Waals surface area contributed by atoms with Crippen LogP contribution in [-0.4, -0.2) is 24.4 Å². The van der Waals surface area contributed by atoms with Crippen molar-refractivity contribution in [1.29, 1.82) is 0 Å². The molecule has 2 heterocycles. The molecule has 0 aliphatic carbocycles. The normalized spacial score (nSPS) is 10.7. The van der Waals surface area contributed by atoms with Crippen molar-refractivity contribution in [3.63, 3.8) is 0 Å². The first-order valence-corrected chi connectivity index (χ1v) is 9.89. The van der Waals surface area contributed by atoms with Gasteiger partial charge in [0, 0.05) is 11.8 Å². The van der Waals surface area contributed by atoms with Gasteiger partial charge in [0.05, 0.1) is 35.9 Å². The highest BCUT2D eigenvalue weighted by Crippen LogP contribution is 2.16. The summed E-state index contributed by atoms with van der Waals surface area (Å²) in [7, 11) is 0. The Hall–Kier alpha value is -3.59. The molecule has 0 atom stereocenters. The number of aromatic nitrogens is 4. The third-order valence-corrected chi connectivity index (χ3v) is 5.02. The monoisotopic (exact) mass is 423 g/mol. The third kappa shape index (κ3) is 4.87. The van der Waals surface area contributed by atoms with Gasteiger partial charge in [0.15, 0.2) is 0 Å². The van der Waals surface area contributed by atoms with Crippen LogP contribution in [0.25, 0.3) is 0 Å². The first-order valence-electron chi connectivity index (χ1n) is 9.16. The van der Waals surface area contributed by atoms with Crippen LogP contribution in [0.3, 0.4) is 0 Å². The summed E-state index contributed by atoms with van der Waals surface area (Å²) in [6.45, 7) is 2.63. The summed E-state index contributed by atoms with van der Waals surface area (Å²) in [5.74, 6) is 0.0901. The van der Waals surface area contributed by atoms with Gasteiger partial charge in [-0.05, 0) is 48.9 Å². The number of carbonyl (C=O) groups is 1. The van der Waals surface area contributed by atoms with E-state index >= 15 is 0 Å². The number of benzene rings is 2. The van der Waals surface area contributed by atoms with Gasteiger partial charge in [0.2, 0.25) is 0 Å². The molecule has 0 radical (unpaired) electrons. The highest BCUT2D eigenvalue weighted by atomic mass is 32.1. The first-order chi connectivity index (χ1) is 14.6. The lowest BCUT2D eigenvalue weighted by molar-refractivity contribution is 0.102. The summed E-state index contributed by atoms with van der Waals surface area (Å²) in [5, 5.41) is 7.01. The third-order valence-electron chi connectivity index (χ3n) is 4.36. The first kappa shape index (κ1) is 19.7. The number of nitrogens with zero attached hydrogens (tertiary/aromatic N) is 4. The van der Waals surface area contributed by atoms with E-state index in [-0.39, 0.29) is 11.7 Å². The smallest absolute Gasteiger partial charge is 0.255 e. The largest absolute Gasteiger partial charge is 0.487 e. The van der Waals surface area contributed by atoms with E-state index in [0.717, 1.165) is 28.7 Å². The summed E-state index contributed by atoms with van der Waals surface area (Å²) >= 11 is 1.15. The molecule has 0 spiro atoms. The van der Waals surface area contributed by atoms with Crippen LogP contribution >= 0.6 is 11.7 Å². The van der Waals surface area contributed by atoms with Crippen molar-refractivity contribution in [2.24, 2.45) is 0 Å². The molecule has 1 amide bonds. The van der Waals surface area contributed by atoms with Crippen LogP contribution in [0.1, 0.15) is 27.3 Å². The van der Waals surface area contributed by atoms with Crippen LogP contribution in [0, 0.1) is 12.7 Å². The molecule has 7 nitrogen and oxygen atoms in total. The van der Waals surface area contributed by atoms with Crippen LogP contribution in [0.15, 0.2) is 60.9 Å². The highest BCUT2D eigenvalue weighted by molar-refractivity contribution is 6.99. The van der Waals surface area contributed by atoms with Gasteiger partial charge in [0.1, 0.15) is 23.9 Å². The van der Waals surface area contributed by atoms with Crippen molar-refractivity contribution in [3.05, 3.63) is 89.3 Å². The molecule has 1 N–H and O–H groups in total. The zero-order chi connectivity index (χ0) is 20.9. The number of carbonyl (C=O) groups excluding carboxylic acids is 1. The Bertz CT molecular complexity index is 1160. The number of anilines is 1. The number of aryl methyl sites for hydroxylation is 1. The lowest BCUT2D eigenvalue weighted by Gasteiger charge is -2.06. The molecule has 2 aromatic heterocycles. The van der Waals surface area contributed by atoms with E-state index in [1.54, 1.807) is 47.4 Å². The maximum Gasteiger partial charge on any atom is 0.255 e. The molecule has 2 aromatic carbocycles. The van der Waals surface area contributed by atoms with E-state index < -0.39 is 0 Å². The van der Waals surface area contributed by atoms with Crippen LogP contribution < -0.4 is 10.1 Å². The molecule has 0 saturated heterocycles. The Morgan fingerprint density at radius 2 is 2.03 bits per heavy atom. The van der Waals surface area contributed by atoms with Crippen molar-refractivity contribution in [3.8, 4) is 5.75 Å². The van der Waals surface area contributed by atoms with Gasteiger partial charge in [-0.3, -0.25) is 9.48 Å². The Balaban J connectivity index is 1.33. The predicted molar refractivity (Wildman–Crippen MR) is 111 cm³/mol. The molecular formula is C21H18FN5O2S. The van der Waals surface area contributed by atoms with E-state index in [1.165, 1.54) is 12.1 Å². The Kier molecular flexibility index (Phi) is 5.80. The molecule has 0 aliphatic rings. The standard InChI is InChI=1S/C21H18FN5O2S/c1-14-20(26-30-25-14)13-29-19-7-5-16(6-8-19)21(28)24-18-10-23-27(12-18)11-15-3-2-4-17(22)9-15/h2-10,12H,11,13H2,1H3,(H,24,28). The van der Waals surface area contributed by atoms with Crippen LogP contribution in [0.2, 0.25) is 0 Å². The van der Waals surface area contributed by atoms with Crippen molar-refractivity contribution in [2.75, 3.05) is 5.32 Å². The summed E-state index contributed by atoms with van der Waals surface area (Å²) in [6.07, 6.45) is 3.25. The van der Waals surface area contributed by atoms with E-state index in [1.807, 2.05) is 13.0 Å². The van der Waals surface area contributed by atoms with Crippen molar-refractivity contribution in [2.45, 2.75) is 20.1 Å². The molecule has 0 fully saturated rings. The summed E-state index contributed by atoms with van der Waals surface area (Å²) in [4.78, 5) is 12.5. The van der Waals surface area contributed by atoms with Gasteiger partial charge in [-0.1, -0.05) is 12.1 Å². The van der Waals surface area contributed by atoms with Gasteiger partial charge in [-0.15, -0.1) is 0 Å². The average molecular weight is 423 g/mol. The fourth-order valence-electron chi connectivity index (χ4n) is 2.77. The van der Waals surface area contributed by atoms with Gasteiger partial charge < -0.3 is 10.1 Å². The average Bonchev–Trinajstić information content (AvgIpc) is 3.35. The lowest BCUT2D eigenvalue weighted by atomic mass is 10.2.